The van der Waals surface area contributed by atoms with E-state index in [2.05, 4.69) is 0 Å². The van der Waals surface area contributed by atoms with E-state index in [0.717, 1.165) is 16.3 Å². The molecular formula is C18H14O3. The summed E-state index contributed by atoms with van der Waals surface area (Å²) >= 11 is 0. The van der Waals surface area contributed by atoms with Gasteiger partial charge in [0.2, 0.25) is 0 Å². The number of phenols is 1. The van der Waals surface area contributed by atoms with Crippen LogP contribution in [0, 0.1) is 6.92 Å². The van der Waals surface area contributed by atoms with Gasteiger partial charge in [0.15, 0.2) is 11.5 Å². The molecule has 3 heteroatoms. The highest BCUT2D eigenvalue weighted by molar-refractivity contribution is 5.93. The van der Waals surface area contributed by atoms with Crippen LogP contribution in [0.15, 0.2) is 60.7 Å². The predicted molar refractivity (Wildman–Crippen MR) is 81.8 cm³/mol. The molecule has 0 aromatic heterocycles. The third-order valence-electron chi connectivity index (χ3n) is 3.32. The molecule has 104 valence electrons. The van der Waals surface area contributed by atoms with E-state index in [4.69, 9.17) is 4.74 Å². The van der Waals surface area contributed by atoms with Crippen molar-refractivity contribution in [1.29, 1.82) is 0 Å². The first-order valence-electron chi connectivity index (χ1n) is 6.64. The molecule has 3 rings (SSSR count). The van der Waals surface area contributed by atoms with Gasteiger partial charge in [0.05, 0.1) is 5.56 Å². The van der Waals surface area contributed by atoms with E-state index in [1.165, 1.54) is 0 Å². The quantitative estimate of drug-likeness (QED) is 0.567. The van der Waals surface area contributed by atoms with Crippen molar-refractivity contribution >= 4 is 16.7 Å². The molecule has 0 atom stereocenters. The fourth-order valence-corrected chi connectivity index (χ4v) is 2.14. The maximum Gasteiger partial charge on any atom is 0.343 e. The molecule has 0 aliphatic carbocycles. The van der Waals surface area contributed by atoms with E-state index < -0.39 is 5.97 Å². The van der Waals surface area contributed by atoms with Gasteiger partial charge in [-0.3, -0.25) is 0 Å². The first-order chi connectivity index (χ1) is 10.1. The molecular weight excluding hydrogens is 264 g/mol. The number of esters is 1. The number of hydrogen-bond donors (Lipinski definition) is 1. The Morgan fingerprint density at radius 1 is 0.952 bits per heavy atom. The number of rotatable bonds is 2. The normalized spacial score (nSPS) is 10.5. The lowest BCUT2D eigenvalue weighted by atomic mass is 10.1. The van der Waals surface area contributed by atoms with Gasteiger partial charge in [0, 0.05) is 0 Å². The molecule has 0 aliphatic heterocycles. The van der Waals surface area contributed by atoms with E-state index in [9.17, 15) is 9.90 Å². The highest BCUT2D eigenvalue weighted by Crippen LogP contribution is 2.31. The smallest absolute Gasteiger partial charge is 0.343 e. The molecule has 0 heterocycles. The zero-order valence-electron chi connectivity index (χ0n) is 11.5. The van der Waals surface area contributed by atoms with Crippen LogP contribution in [-0.2, 0) is 0 Å². The molecule has 1 N–H and O–H groups in total. The Labute approximate surface area is 122 Å². The van der Waals surface area contributed by atoms with Crippen LogP contribution in [0.5, 0.6) is 11.5 Å². The predicted octanol–water partition coefficient (Wildman–Crippen LogP) is 4.07. The van der Waals surface area contributed by atoms with Crippen molar-refractivity contribution in [2.24, 2.45) is 0 Å². The van der Waals surface area contributed by atoms with Crippen LogP contribution in [0.4, 0.5) is 0 Å². The first-order valence-corrected chi connectivity index (χ1v) is 6.64. The first kappa shape index (κ1) is 13.2. The van der Waals surface area contributed by atoms with Crippen LogP contribution in [0.2, 0.25) is 0 Å². The minimum atomic E-state index is -0.486. The van der Waals surface area contributed by atoms with Gasteiger partial charge in [-0.2, -0.15) is 0 Å². The van der Waals surface area contributed by atoms with E-state index in [1.54, 1.807) is 24.3 Å². The van der Waals surface area contributed by atoms with Crippen molar-refractivity contribution in [2.45, 2.75) is 6.92 Å². The summed E-state index contributed by atoms with van der Waals surface area (Å²) in [6.07, 6.45) is 0. The zero-order valence-corrected chi connectivity index (χ0v) is 11.5. The third-order valence-corrected chi connectivity index (χ3v) is 3.32. The Bertz CT molecular complexity index is 804. The van der Waals surface area contributed by atoms with Gasteiger partial charge in [-0.05, 0) is 42.0 Å². The van der Waals surface area contributed by atoms with E-state index in [-0.39, 0.29) is 11.5 Å². The summed E-state index contributed by atoms with van der Waals surface area (Å²) in [5.74, 6) is -0.367. The van der Waals surface area contributed by atoms with Crippen molar-refractivity contribution in [3.8, 4) is 11.5 Å². The van der Waals surface area contributed by atoms with E-state index in [1.807, 2.05) is 43.3 Å². The number of carbonyl (C=O) groups excluding carboxylic acids is 1. The number of carbonyl (C=O) groups is 1. The van der Waals surface area contributed by atoms with Crippen LogP contribution < -0.4 is 4.74 Å². The largest absolute Gasteiger partial charge is 0.504 e. The lowest BCUT2D eigenvalue weighted by molar-refractivity contribution is 0.0730. The molecule has 0 saturated heterocycles. The molecule has 3 nitrogen and oxygen atoms in total. The Morgan fingerprint density at radius 2 is 1.57 bits per heavy atom. The minimum absolute atomic E-state index is 0.0471. The standard InChI is InChI=1S/C18H14O3/c1-12-6-8-13(9-7-12)18(20)21-17-11-15-5-3-2-4-14(15)10-16(17)19/h2-11,19H,1H3. The molecule has 0 unspecified atom stereocenters. The highest BCUT2D eigenvalue weighted by atomic mass is 16.5. The molecule has 21 heavy (non-hydrogen) atoms. The second kappa shape index (κ2) is 5.29. The molecule has 3 aromatic rings. The molecule has 0 saturated carbocycles. The van der Waals surface area contributed by atoms with E-state index >= 15 is 0 Å². The van der Waals surface area contributed by atoms with E-state index in [0.29, 0.717) is 5.56 Å². The number of aryl methyl sites for hydroxylation is 1. The SMILES string of the molecule is Cc1ccc(C(=O)Oc2cc3ccccc3cc2O)cc1. The van der Waals surface area contributed by atoms with Gasteiger partial charge in [0.25, 0.3) is 0 Å². The lowest BCUT2D eigenvalue weighted by Gasteiger charge is -2.08. The molecule has 0 spiro atoms. The summed E-state index contributed by atoms with van der Waals surface area (Å²) in [4.78, 5) is 12.1. The molecule has 0 amide bonds. The molecule has 0 aliphatic rings. The van der Waals surface area contributed by atoms with Crippen molar-refractivity contribution in [2.75, 3.05) is 0 Å². The van der Waals surface area contributed by atoms with Crippen molar-refractivity contribution in [3.63, 3.8) is 0 Å². The maximum absolute atomic E-state index is 12.1. The van der Waals surface area contributed by atoms with Crippen molar-refractivity contribution < 1.29 is 14.6 Å². The second-order valence-electron chi connectivity index (χ2n) is 4.92. The number of aromatic hydroxyl groups is 1. The second-order valence-corrected chi connectivity index (χ2v) is 4.92. The third kappa shape index (κ3) is 2.72. The lowest BCUT2D eigenvalue weighted by Crippen LogP contribution is -2.08. The van der Waals surface area contributed by atoms with Crippen molar-refractivity contribution in [1.82, 2.24) is 0 Å². The van der Waals surface area contributed by atoms with Crippen molar-refractivity contribution in [3.05, 3.63) is 71.8 Å². The average Bonchev–Trinajstić information content (AvgIpc) is 2.48. The topological polar surface area (TPSA) is 46.5 Å². The van der Waals surface area contributed by atoms with Gasteiger partial charge in [-0.15, -0.1) is 0 Å². The molecule has 3 aromatic carbocycles. The summed E-state index contributed by atoms with van der Waals surface area (Å²) in [5.41, 5.74) is 1.52. The van der Waals surface area contributed by atoms with Crippen LogP contribution in [0.1, 0.15) is 15.9 Å². The number of benzene rings is 3. The fraction of sp³-hybridized carbons (Fsp3) is 0.0556. The summed E-state index contributed by atoms with van der Waals surface area (Å²) in [6, 6.07) is 17.9. The number of ether oxygens (including phenoxy) is 1. The molecule has 0 fully saturated rings. The molecule has 0 bridgehead atoms. The van der Waals surface area contributed by atoms with Crippen LogP contribution in [-0.4, -0.2) is 11.1 Å². The Hall–Kier alpha value is -2.81. The summed E-state index contributed by atoms with van der Waals surface area (Å²) in [6.45, 7) is 1.95. The summed E-state index contributed by atoms with van der Waals surface area (Å²) in [7, 11) is 0. The fourth-order valence-electron chi connectivity index (χ4n) is 2.14. The van der Waals surface area contributed by atoms with Gasteiger partial charge in [-0.25, -0.2) is 4.79 Å². The highest BCUT2D eigenvalue weighted by Gasteiger charge is 2.12. The number of hydrogen-bond acceptors (Lipinski definition) is 3. The Balaban J connectivity index is 1.92. The Morgan fingerprint density at radius 3 is 2.24 bits per heavy atom. The van der Waals surface area contributed by atoms with Gasteiger partial charge < -0.3 is 9.84 Å². The van der Waals surface area contributed by atoms with Crippen LogP contribution >= 0.6 is 0 Å². The van der Waals surface area contributed by atoms with Gasteiger partial charge >= 0.3 is 5.97 Å². The molecule has 0 radical (unpaired) electrons. The minimum Gasteiger partial charge on any atom is -0.504 e. The number of fused-ring (bicyclic) bond motifs is 1. The van der Waals surface area contributed by atoms with Gasteiger partial charge in [-0.1, -0.05) is 42.0 Å². The van der Waals surface area contributed by atoms with Crippen LogP contribution in [0.25, 0.3) is 10.8 Å². The van der Waals surface area contributed by atoms with Gasteiger partial charge in [0.1, 0.15) is 0 Å². The number of phenolic OH excluding ortho intramolecular Hbond substituents is 1. The zero-order chi connectivity index (χ0) is 14.8. The average molecular weight is 278 g/mol. The Kier molecular flexibility index (Phi) is 3.32. The monoisotopic (exact) mass is 278 g/mol. The summed E-state index contributed by atoms with van der Waals surface area (Å²) < 4.78 is 5.29. The summed E-state index contributed by atoms with van der Waals surface area (Å²) in [5, 5.41) is 11.8. The van der Waals surface area contributed by atoms with Crippen LogP contribution in [0.3, 0.4) is 0 Å². The maximum atomic E-state index is 12.1.